The van der Waals surface area contributed by atoms with Crippen LogP contribution in [0, 0.1) is 5.92 Å². The minimum atomic E-state index is -0.586. The van der Waals surface area contributed by atoms with Gasteiger partial charge in [-0.25, -0.2) is 0 Å². The van der Waals surface area contributed by atoms with E-state index >= 15 is 0 Å². The zero-order valence-corrected chi connectivity index (χ0v) is 16.8. The van der Waals surface area contributed by atoms with Gasteiger partial charge in [-0.15, -0.1) is 0 Å². The van der Waals surface area contributed by atoms with Crippen LogP contribution in [0.2, 0.25) is 10.0 Å². The molecule has 1 heterocycles. The smallest absolute Gasteiger partial charge is 0.255 e. The first-order valence-electron chi connectivity index (χ1n) is 9.00. The van der Waals surface area contributed by atoms with E-state index in [-0.39, 0.29) is 17.7 Å². The molecule has 0 saturated carbocycles. The SMILES string of the molecule is CC(C)CN1C(=O)c2ccccc2C1C(=O)NCCc1ccc(Cl)cc1Cl. The second kappa shape index (κ2) is 8.32. The van der Waals surface area contributed by atoms with Crippen LogP contribution in [0.25, 0.3) is 0 Å². The number of carbonyl (C=O) groups is 2. The lowest BCUT2D eigenvalue weighted by Gasteiger charge is -2.26. The Kier molecular flexibility index (Phi) is 6.08. The Bertz CT molecular complexity index is 867. The van der Waals surface area contributed by atoms with Gasteiger partial charge in [0.2, 0.25) is 5.91 Å². The number of carbonyl (C=O) groups excluding carboxylic acids is 2. The number of hydrogen-bond acceptors (Lipinski definition) is 2. The number of nitrogens with one attached hydrogen (secondary N) is 1. The van der Waals surface area contributed by atoms with Crippen molar-refractivity contribution in [2.75, 3.05) is 13.1 Å². The van der Waals surface area contributed by atoms with E-state index in [1.165, 1.54) is 0 Å². The van der Waals surface area contributed by atoms with Gasteiger partial charge >= 0.3 is 0 Å². The third kappa shape index (κ3) is 4.28. The fourth-order valence-electron chi connectivity index (χ4n) is 3.38. The van der Waals surface area contributed by atoms with Gasteiger partial charge in [0.25, 0.3) is 5.91 Å². The van der Waals surface area contributed by atoms with Crippen LogP contribution in [0.15, 0.2) is 42.5 Å². The molecule has 0 spiro atoms. The number of hydrogen-bond donors (Lipinski definition) is 1. The number of fused-ring (bicyclic) bond motifs is 1. The summed E-state index contributed by atoms with van der Waals surface area (Å²) >= 11 is 12.1. The molecular formula is C21H22Cl2N2O2. The van der Waals surface area contributed by atoms with Crippen molar-refractivity contribution in [3.05, 3.63) is 69.2 Å². The third-order valence-electron chi connectivity index (χ3n) is 4.58. The molecule has 2 aromatic rings. The van der Waals surface area contributed by atoms with Crippen LogP contribution in [0.5, 0.6) is 0 Å². The number of halogens is 2. The van der Waals surface area contributed by atoms with E-state index in [0.29, 0.717) is 35.1 Å². The van der Waals surface area contributed by atoms with E-state index in [1.807, 2.05) is 38.1 Å². The summed E-state index contributed by atoms with van der Waals surface area (Å²) in [6, 6.07) is 12.1. The van der Waals surface area contributed by atoms with E-state index in [1.54, 1.807) is 23.1 Å². The largest absolute Gasteiger partial charge is 0.354 e. The standard InChI is InChI=1S/C21H22Cl2N2O2/c1-13(2)12-25-19(16-5-3-4-6-17(16)21(25)27)20(26)24-10-9-14-7-8-15(22)11-18(14)23/h3-8,11,13,19H,9-10,12H2,1-2H3,(H,24,26). The number of rotatable bonds is 6. The fraction of sp³-hybridized carbons (Fsp3) is 0.333. The molecule has 27 heavy (non-hydrogen) atoms. The molecule has 3 rings (SSSR count). The molecule has 1 aliphatic heterocycles. The summed E-state index contributed by atoms with van der Waals surface area (Å²) in [4.78, 5) is 27.3. The first-order chi connectivity index (χ1) is 12.9. The second-order valence-electron chi connectivity index (χ2n) is 7.12. The highest BCUT2D eigenvalue weighted by atomic mass is 35.5. The van der Waals surface area contributed by atoms with Gasteiger partial charge in [-0.1, -0.05) is 61.3 Å². The fourth-order valence-corrected chi connectivity index (χ4v) is 3.88. The Morgan fingerprint density at radius 2 is 1.93 bits per heavy atom. The highest BCUT2D eigenvalue weighted by molar-refractivity contribution is 6.35. The second-order valence-corrected chi connectivity index (χ2v) is 7.96. The molecule has 4 nitrogen and oxygen atoms in total. The highest BCUT2D eigenvalue weighted by Crippen LogP contribution is 2.34. The Labute approximate surface area is 169 Å². The monoisotopic (exact) mass is 404 g/mol. The van der Waals surface area contributed by atoms with Gasteiger partial charge in [-0.3, -0.25) is 9.59 Å². The Balaban J connectivity index is 1.72. The van der Waals surface area contributed by atoms with Crippen LogP contribution >= 0.6 is 23.2 Å². The van der Waals surface area contributed by atoms with Crippen molar-refractivity contribution in [1.82, 2.24) is 10.2 Å². The van der Waals surface area contributed by atoms with E-state index in [2.05, 4.69) is 5.32 Å². The molecule has 142 valence electrons. The zero-order valence-electron chi connectivity index (χ0n) is 15.3. The van der Waals surface area contributed by atoms with E-state index < -0.39 is 6.04 Å². The van der Waals surface area contributed by atoms with Gasteiger partial charge in [0.05, 0.1) is 0 Å². The number of amides is 2. The maximum absolute atomic E-state index is 12.9. The molecule has 6 heteroatoms. The van der Waals surface area contributed by atoms with Crippen LogP contribution < -0.4 is 5.32 Å². The maximum atomic E-state index is 12.9. The molecule has 2 amide bonds. The number of nitrogens with zero attached hydrogens (tertiary/aromatic N) is 1. The maximum Gasteiger partial charge on any atom is 0.255 e. The van der Waals surface area contributed by atoms with Crippen LogP contribution in [0.1, 0.15) is 41.4 Å². The summed E-state index contributed by atoms with van der Waals surface area (Å²) < 4.78 is 0. The van der Waals surface area contributed by atoms with E-state index in [9.17, 15) is 9.59 Å². The molecule has 0 aliphatic carbocycles. The van der Waals surface area contributed by atoms with Crippen LogP contribution in [0.4, 0.5) is 0 Å². The number of benzene rings is 2. The van der Waals surface area contributed by atoms with Gasteiger partial charge in [0, 0.05) is 28.7 Å². The molecule has 1 atom stereocenters. The van der Waals surface area contributed by atoms with Crippen LogP contribution in [-0.4, -0.2) is 29.8 Å². The lowest BCUT2D eigenvalue weighted by Crippen LogP contribution is -2.41. The molecule has 1 N–H and O–H groups in total. The molecule has 0 aromatic heterocycles. The zero-order chi connectivity index (χ0) is 19.6. The summed E-state index contributed by atoms with van der Waals surface area (Å²) in [6.07, 6.45) is 0.592. The van der Waals surface area contributed by atoms with Crippen molar-refractivity contribution in [3.63, 3.8) is 0 Å². The predicted molar refractivity (Wildman–Crippen MR) is 108 cm³/mol. The summed E-state index contributed by atoms with van der Waals surface area (Å²) in [5.74, 6) is 0.0191. The van der Waals surface area contributed by atoms with Crippen molar-refractivity contribution in [3.8, 4) is 0 Å². The van der Waals surface area contributed by atoms with Gasteiger partial charge < -0.3 is 10.2 Å². The van der Waals surface area contributed by atoms with E-state index in [4.69, 9.17) is 23.2 Å². The predicted octanol–water partition coefficient (Wildman–Crippen LogP) is 4.51. The van der Waals surface area contributed by atoms with Gasteiger partial charge in [-0.05, 0) is 41.7 Å². The molecule has 0 fully saturated rings. The molecule has 1 aliphatic rings. The summed E-state index contributed by atoms with van der Waals surface area (Å²) in [7, 11) is 0. The molecule has 0 bridgehead atoms. The lowest BCUT2D eigenvalue weighted by atomic mass is 10.0. The summed E-state index contributed by atoms with van der Waals surface area (Å²) in [5, 5.41) is 4.12. The van der Waals surface area contributed by atoms with Gasteiger partial charge in [0.15, 0.2) is 0 Å². The quantitative estimate of drug-likeness (QED) is 0.769. The third-order valence-corrected chi connectivity index (χ3v) is 5.16. The van der Waals surface area contributed by atoms with Gasteiger partial charge in [0.1, 0.15) is 6.04 Å². The minimum absolute atomic E-state index is 0.0832. The average Bonchev–Trinajstić information content (AvgIpc) is 2.89. The van der Waals surface area contributed by atoms with Crippen molar-refractivity contribution >= 4 is 35.0 Å². The topological polar surface area (TPSA) is 49.4 Å². The van der Waals surface area contributed by atoms with E-state index in [0.717, 1.165) is 11.1 Å². The van der Waals surface area contributed by atoms with Crippen LogP contribution in [0.3, 0.4) is 0 Å². The average molecular weight is 405 g/mol. The first kappa shape index (κ1) is 19.7. The van der Waals surface area contributed by atoms with Crippen molar-refractivity contribution in [2.45, 2.75) is 26.3 Å². The Morgan fingerprint density at radius 3 is 2.63 bits per heavy atom. The lowest BCUT2D eigenvalue weighted by molar-refractivity contribution is -0.125. The molecular weight excluding hydrogens is 383 g/mol. The first-order valence-corrected chi connectivity index (χ1v) is 9.75. The minimum Gasteiger partial charge on any atom is -0.354 e. The van der Waals surface area contributed by atoms with Crippen molar-refractivity contribution in [2.24, 2.45) is 5.92 Å². The molecule has 2 aromatic carbocycles. The van der Waals surface area contributed by atoms with Crippen LogP contribution in [-0.2, 0) is 11.2 Å². The molecule has 0 saturated heterocycles. The van der Waals surface area contributed by atoms with Gasteiger partial charge in [-0.2, -0.15) is 0 Å². The Morgan fingerprint density at radius 1 is 1.19 bits per heavy atom. The normalized spacial score (nSPS) is 16.0. The summed E-state index contributed by atoms with van der Waals surface area (Å²) in [6.45, 7) is 5.04. The summed E-state index contributed by atoms with van der Waals surface area (Å²) in [5.41, 5.74) is 2.30. The highest BCUT2D eigenvalue weighted by Gasteiger charge is 2.40. The van der Waals surface area contributed by atoms with Crippen molar-refractivity contribution < 1.29 is 9.59 Å². The molecule has 1 unspecified atom stereocenters. The van der Waals surface area contributed by atoms with Crippen molar-refractivity contribution in [1.29, 1.82) is 0 Å². The Hall–Kier alpha value is -2.04. The molecule has 0 radical (unpaired) electrons.